The average molecular weight is 287 g/mol. The van der Waals surface area contributed by atoms with Crippen molar-refractivity contribution in [2.24, 2.45) is 0 Å². The Kier molecular flexibility index (Phi) is 4.46. The van der Waals surface area contributed by atoms with E-state index in [0.717, 1.165) is 25.0 Å². The van der Waals surface area contributed by atoms with Crippen LogP contribution in [0.1, 0.15) is 57.3 Å². The minimum absolute atomic E-state index is 0.0682. The number of rotatable bonds is 1. The molecule has 0 radical (unpaired) electrons. The molecule has 1 aromatic heterocycles. The number of carbonyl (C=O) groups is 1. The first-order chi connectivity index (χ1) is 9.90. The molecule has 5 nitrogen and oxygen atoms in total. The molecule has 0 N–H and O–H groups in total. The molecule has 112 valence electrons. The van der Waals surface area contributed by atoms with Crippen LogP contribution in [-0.4, -0.2) is 28.1 Å². The van der Waals surface area contributed by atoms with E-state index >= 15 is 0 Å². The molecule has 1 fully saturated rings. The lowest BCUT2D eigenvalue weighted by atomic mass is 9.99. The van der Waals surface area contributed by atoms with Crippen molar-refractivity contribution in [3.63, 3.8) is 0 Å². The summed E-state index contributed by atoms with van der Waals surface area (Å²) in [5.74, 6) is 0. The van der Waals surface area contributed by atoms with E-state index in [0.29, 0.717) is 12.1 Å². The van der Waals surface area contributed by atoms with E-state index in [4.69, 9.17) is 10.00 Å². The van der Waals surface area contributed by atoms with Crippen LogP contribution in [0.5, 0.6) is 0 Å². The number of carbonyl (C=O) groups excluding carboxylic acids is 1. The smallest absolute Gasteiger partial charge is 0.410 e. The van der Waals surface area contributed by atoms with E-state index in [9.17, 15) is 4.79 Å². The fraction of sp³-hybridized carbons (Fsp3) is 0.562. The van der Waals surface area contributed by atoms with E-state index in [-0.39, 0.29) is 12.1 Å². The number of pyridine rings is 1. The Morgan fingerprint density at radius 1 is 1.43 bits per heavy atom. The Hall–Kier alpha value is -2.09. The molecule has 1 unspecified atom stereocenters. The van der Waals surface area contributed by atoms with Crippen molar-refractivity contribution in [1.29, 1.82) is 5.26 Å². The number of ether oxygens (including phenoxy) is 1. The Morgan fingerprint density at radius 3 is 2.76 bits per heavy atom. The SMILES string of the molecule is CC(C)(C)OC(=O)N1CCCCC1c1ccc(C#N)cn1. The lowest BCUT2D eigenvalue weighted by molar-refractivity contribution is 0.00900. The topological polar surface area (TPSA) is 66.2 Å². The molecule has 1 aliphatic rings. The summed E-state index contributed by atoms with van der Waals surface area (Å²) in [6.07, 6.45) is 4.17. The van der Waals surface area contributed by atoms with Crippen molar-refractivity contribution in [2.45, 2.75) is 51.7 Å². The Balaban J connectivity index is 2.18. The van der Waals surface area contributed by atoms with Gasteiger partial charge in [-0.05, 0) is 52.2 Å². The maximum Gasteiger partial charge on any atom is 0.410 e. The van der Waals surface area contributed by atoms with Gasteiger partial charge in [-0.2, -0.15) is 5.26 Å². The number of piperidine rings is 1. The van der Waals surface area contributed by atoms with Gasteiger partial charge in [0.1, 0.15) is 11.7 Å². The highest BCUT2D eigenvalue weighted by molar-refractivity contribution is 5.69. The Morgan fingerprint density at radius 2 is 2.19 bits per heavy atom. The van der Waals surface area contributed by atoms with Crippen molar-refractivity contribution in [3.8, 4) is 6.07 Å². The van der Waals surface area contributed by atoms with E-state index in [1.807, 2.05) is 26.8 Å². The normalized spacial score (nSPS) is 19.0. The van der Waals surface area contributed by atoms with E-state index in [1.165, 1.54) is 0 Å². The second-order valence-corrected chi connectivity index (χ2v) is 6.27. The zero-order valence-electron chi connectivity index (χ0n) is 12.8. The van der Waals surface area contributed by atoms with Crippen LogP contribution in [0.4, 0.5) is 4.79 Å². The van der Waals surface area contributed by atoms with Crippen molar-refractivity contribution in [1.82, 2.24) is 9.88 Å². The van der Waals surface area contributed by atoms with Crippen molar-refractivity contribution < 1.29 is 9.53 Å². The van der Waals surface area contributed by atoms with Crippen LogP contribution in [0.3, 0.4) is 0 Å². The molecule has 2 heterocycles. The maximum absolute atomic E-state index is 12.3. The fourth-order valence-electron chi connectivity index (χ4n) is 2.45. The van der Waals surface area contributed by atoms with Gasteiger partial charge in [-0.25, -0.2) is 4.79 Å². The van der Waals surface area contributed by atoms with Gasteiger partial charge in [0.05, 0.1) is 17.3 Å². The summed E-state index contributed by atoms with van der Waals surface area (Å²) in [6.45, 7) is 6.28. The molecule has 0 bridgehead atoms. The van der Waals surface area contributed by atoms with E-state index in [2.05, 4.69) is 11.1 Å². The molecule has 0 aromatic carbocycles. The number of hydrogen-bond donors (Lipinski definition) is 0. The Labute approximate surface area is 125 Å². The maximum atomic E-state index is 12.3. The van der Waals surface area contributed by atoms with Crippen LogP contribution < -0.4 is 0 Å². The standard InChI is InChI=1S/C16H21N3O2/c1-16(2,3)21-15(20)19-9-5-4-6-14(19)13-8-7-12(10-17)11-18-13/h7-8,11,14H,4-6,9H2,1-3H3. The van der Waals surface area contributed by atoms with Crippen LogP contribution in [0, 0.1) is 11.3 Å². The minimum Gasteiger partial charge on any atom is -0.444 e. The molecule has 1 saturated heterocycles. The van der Waals surface area contributed by atoms with Crippen molar-refractivity contribution in [2.75, 3.05) is 6.54 Å². The van der Waals surface area contributed by atoms with Gasteiger partial charge in [0.25, 0.3) is 0 Å². The Bertz CT molecular complexity index is 540. The van der Waals surface area contributed by atoms with Gasteiger partial charge in [-0.15, -0.1) is 0 Å². The molecule has 2 rings (SSSR count). The second-order valence-electron chi connectivity index (χ2n) is 6.27. The molecule has 0 spiro atoms. The molecular formula is C16H21N3O2. The predicted octanol–water partition coefficient (Wildman–Crippen LogP) is 3.42. The lowest BCUT2D eigenvalue weighted by Crippen LogP contribution is -2.42. The number of nitriles is 1. The van der Waals surface area contributed by atoms with Crippen molar-refractivity contribution >= 4 is 6.09 Å². The molecule has 1 aliphatic heterocycles. The first-order valence-electron chi connectivity index (χ1n) is 7.26. The molecule has 0 aliphatic carbocycles. The van der Waals surface area contributed by atoms with Crippen LogP contribution in [0.25, 0.3) is 0 Å². The molecular weight excluding hydrogens is 266 g/mol. The van der Waals surface area contributed by atoms with E-state index < -0.39 is 5.60 Å². The van der Waals surface area contributed by atoms with Gasteiger partial charge >= 0.3 is 6.09 Å². The van der Waals surface area contributed by atoms with Gasteiger partial charge in [0, 0.05) is 12.7 Å². The molecule has 0 saturated carbocycles. The van der Waals surface area contributed by atoms with Crippen LogP contribution in [-0.2, 0) is 4.74 Å². The lowest BCUT2D eigenvalue weighted by Gasteiger charge is -2.36. The minimum atomic E-state index is -0.503. The third-order valence-corrected chi connectivity index (χ3v) is 3.39. The summed E-state index contributed by atoms with van der Waals surface area (Å²) in [7, 11) is 0. The van der Waals surface area contributed by atoms with Gasteiger partial charge in [-0.3, -0.25) is 9.88 Å². The first-order valence-corrected chi connectivity index (χ1v) is 7.26. The third kappa shape index (κ3) is 3.94. The quantitative estimate of drug-likeness (QED) is 0.793. The van der Waals surface area contributed by atoms with Gasteiger partial charge in [-0.1, -0.05) is 0 Å². The van der Waals surface area contributed by atoms with Crippen LogP contribution in [0.2, 0.25) is 0 Å². The predicted molar refractivity (Wildman–Crippen MR) is 78.5 cm³/mol. The monoisotopic (exact) mass is 287 g/mol. The number of amides is 1. The largest absolute Gasteiger partial charge is 0.444 e. The number of likely N-dealkylation sites (tertiary alicyclic amines) is 1. The molecule has 5 heteroatoms. The van der Waals surface area contributed by atoms with Crippen LogP contribution in [0.15, 0.2) is 18.3 Å². The average Bonchev–Trinajstić information content (AvgIpc) is 2.45. The highest BCUT2D eigenvalue weighted by atomic mass is 16.6. The summed E-state index contributed by atoms with van der Waals surface area (Å²) in [4.78, 5) is 18.4. The third-order valence-electron chi connectivity index (χ3n) is 3.39. The fourth-order valence-corrected chi connectivity index (χ4v) is 2.45. The molecule has 1 amide bonds. The van der Waals surface area contributed by atoms with Crippen LogP contribution >= 0.6 is 0 Å². The zero-order valence-corrected chi connectivity index (χ0v) is 12.8. The second kappa shape index (κ2) is 6.13. The van der Waals surface area contributed by atoms with Gasteiger partial charge in [0.2, 0.25) is 0 Å². The number of aromatic nitrogens is 1. The highest BCUT2D eigenvalue weighted by Crippen LogP contribution is 2.31. The first kappa shape index (κ1) is 15.3. The summed E-state index contributed by atoms with van der Waals surface area (Å²) < 4.78 is 5.48. The molecule has 1 aromatic rings. The van der Waals surface area contributed by atoms with E-state index in [1.54, 1.807) is 17.2 Å². The summed E-state index contributed by atoms with van der Waals surface area (Å²) in [5, 5.41) is 8.83. The highest BCUT2D eigenvalue weighted by Gasteiger charge is 2.32. The zero-order chi connectivity index (χ0) is 15.5. The summed E-state index contributed by atoms with van der Waals surface area (Å²) in [6, 6.07) is 5.55. The molecule has 21 heavy (non-hydrogen) atoms. The molecule has 1 atom stereocenters. The van der Waals surface area contributed by atoms with Gasteiger partial charge < -0.3 is 4.74 Å². The number of nitrogens with zero attached hydrogens (tertiary/aromatic N) is 3. The number of hydrogen-bond acceptors (Lipinski definition) is 4. The van der Waals surface area contributed by atoms with Crippen molar-refractivity contribution in [3.05, 3.63) is 29.6 Å². The van der Waals surface area contributed by atoms with Gasteiger partial charge in [0.15, 0.2) is 0 Å². The summed E-state index contributed by atoms with van der Waals surface area (Å²) in [5.41, 5.74) is 0.843. The summed E-state index contributed by atoms with van der Waals surface area (Å²) >= 11 is 0.